The number of benzene rings is 1. The van der Waals surface area contributed by atoms with E-state index in [0.717, 1.165) is 49.0 Å². The van der Waals surface area contributed by atoms with Gasteiger partial charge in [0.15, 0.2) is 5.16 Å². The van der Waals surface area contributed by atoms with Gasteiger partial charge in [0, 0.05) is 11.5 Å². The monoisotopic (exact) mass is 410 g/mol. The molecule has 0 radical (unpaired) electrons. The first-order chi connectivity index (χ1) is 14.0. The topological polar surface area (TPSA) is 52.0 Å². The van der Waals surface area contributed by atoms with Crippen LogP contribution in [0.3, 0.4) is 0 Å². The number of Topliss-reactive ketones (excluding diaryl/α,β-unsaturated/α-hetero) is 1. The second kappa shape index (κ2) is 7.26. The molecular formula is C24H30N2O2S. The maximum atomic E-state index is 13.4. The molecule has 1 aromatic heterocycles. The quantitative estimate of drug-likeness (QED) is 0.482. The lowest BCUT2D eigenvalue weighted by atomic mass is 9.48. The minimum atomic E-state index is -0.0832. The molecule has 0 N–H and O–H groups in total. The van der Waals surface area contributed by atoms with Gasteiger partial charge in [-0.2, -0.15) is 0 Å². The van der Waals surface area contributed by atoms with Crippen LogP contribution in [-0.4, -0.2) is 21.1 Å². The molecule has 4 fully saturated rings. The van der Waals surface area contributed by atoms with Crippen molar-refractivity contribution in [3.63, 3.8) is 0 Å². The van der Waals surface area contributed by atoms with Crippen LogP contribution in [-0.2, 0) is 4.79 Å². The second-order valence-electron chi connectivity index (χ2n) is 9.75. The fraction of sp³-hybridized carbons (Fsp3) is 0.625. The van der Waals surface area contributed by atoms with Gasteiger partial charge in [0.25, 0.3) is 5.56 Å². The van der Waals surface area contributed by atoms with Crippen LogP contribution in [0.5, 0.6) is 0 Å². The average Bonchev–Trinajstić information content (AvgIpc) is 2.70. The van der Waals surface area contributed by atoms with Gasteiger partial charge in [0.05, 0.1) is 16.7 Å². The summed E-state index contributed by atoms with van der Waals surface area (Å²) in [6.45, 7) is 4.14. The lowest BCUT2D eigenvalue weighted by Crippen LogP contribution is -2.50. The summed E-state index contributed by atoms with van der Waals surface area (Å²) < 4.78 is 1.81. The van der Waals surface area contributed by atoms with Crippen LogP contribution < -0.4 is 5.56 Å². The highest BCUT2D eigenvalue weighted by atomic mass is 32.2. The molecule has 6 rings (SSSR count). The standard InChI is InChI=1S/C24H30N2O2S/c1-3-15(2)26-22(28)19-6-4-5-7-20(19)25-23(26)29-14-21(27)24-11-16-8-17(12-24)10-18(9-16)13-24/h4-7,15-18H,3,8-14H2,1-2H3/t15-,16?,17?,18?,24?/m0/s1. The molecule has 4 aliphatic rings. The van der Waals surface area contributed by atoms with E-state index in [1.54, 1.807) is 4.57 Å². The van der Waals surface area contributed by atoms with Gasteiger partial charge in [0.2, 0.25) is 0 Å². The Morgan fingerprint density at radius 1 is 1.17 bits per heavy atom. The number of para-hydroxylation sites is 1. The Labute approximate surface area is 176 Å². The van der Waals surface area contributed by atoms with Crippen molar-refractivity contribution in [1.29, 1.82) is 0 Å². The van der Waals surface area contributed by atoms with E-state index in [2.05, 4.69) is 13.8 Å². The molecular weight excluding hydrogens is 380 g/mol. The lowest BCUT2D eigenvalue weighted by molar-refractivity contribution is -0.141. The average molecular weight is 411 g/mol. The van der Waals surface area contributed by atoms with Gasteiger partial charge >= 0.3 is 0 Å². The first kappa shape index (κ1) is 19.3. The number of carbonyl (C=O) groups is 1. The molecule has 0 saturated heterocycles. The second-order valence-corrected chi connectivity index (χ2v) is 10.7. The van der Waals surface area contributed by atoms with E-state index in [1.807, 2.05) is 24.3 Å². The third-order valence-corrected chi connectivity index (χ3v) is 8.72. The summed E-state index contributed by atoms with van der Waals surface area (Å²) in [4.78, 5) is 31.4. The molecule has 2 aromatic rings. The van der Waals surface area contributed by atoms with Gasteiger partial charge in [-0.25, -0.2) is 4.98 Å². The molecule has 154 valence electrons. The van der Waals surface area contributed by atoms with Gasteiger partial charge in [-0.15, -0.1) is 0 Å². The van der Waals surface area contributed by atoms with Crippen molar-refractivity contribution in [2.75, 3.05) is 5.75 Å². The van der Waals surface area contributed by atoms with Crippen molar-refractivity contribution in [2.24, 2.45) is 23.2 Å². The van der Waals surface area contributed by atoms with E-state index in [9.17, 15) is 9.59 Å². The van der Waals surface area contributed by atoms with E-state index >= 15 is 0 Å². The zero-order chi connectivity index (χ0) is 20.2. The van der Waals surface area contributed by atoms with Gasteiger partial charge in [-0.3, -0.25) is 14.2 Å². The summed E-state index contributed by atoms with van der Waals surface area (Å²) in [5.74, 6) is 3.15. The van der Waals surface area contributed by atoms with Crippen molar-refractivity contribution < 1.29 is 4.79 Å². The van der Waals surface area contributed by atoms with Crippen molar-refractivity contribution in [2.45, 2.75) is 70.0 Å². The van der Waals surface area contributed by atoms with E-state index in [-0.39, 0.29) is 17.0 Å². The zero-order valence-electron chi connectivity index (χ0n) is 17.4. The first-order valence-corrected chi connectivity index (χ1v) is 12.1. The van der Waals surface area contributed by atoms with Crippen LogP contribution in [0.25, 0.3) is 10.9 Å². The van der Waals surface area contributed by atoms with Gasteiger partial charge in [-0.05, 0) is 81.8 Å². The van der Waals surface area contributed by atoms with Crippen LogP contribution in [0.4, 0.5) is 0 Å². The Hall–Kier alpha value is -1.62. The van der Waals surface area contributed by atoms with Crippen molar-refractivity contribution in [3.05, 3.63) is 34.6 Å². The summed E-state index contributed by atoms with van der Waals surface area (Å²) in [6.07, 6.45) is 8.19. The predicted molar refractivity (Wildman–Crippen MR) is 117 cm³/mol. The maximum Gasteiger partial charge on any atom is 0.262 e. The van der Waals surface area contributed by atoms with Crippen LogP contribution in [0, 0.1) is 23.2 Å². The summed E-state index contributed by atoms with van der Waals surface area (Å²) in [6, 6.07) is 7.60. The lowest BCUT2D eigenvalue weighted by Gasteiger charge is -2.56. The number of thioether (sulfide) groups is 1. The summed E-state index contributed by atoms with van der Waals surface area (Å²) in [5.41, 5.74) is 0.650. The molecule has 0 amide bonds. The number of aromatic nitrogens is 2. The van der Waals surface area contributed by atoms with Crippen LogP contribution >= 0.6 is 11.8 Å². The smallest absolute Gasteiger partial charge is 0.262 e. The van der Waals surface area contributed by atoms with Crippen molar-refractivity contribution >= 4 is 28.4 Å². The predicted octanol–water partition coefficient (Wildman–Crippen LogP) is 5.25. The minimum Gasteiger partial charge on any atom is -0.298 e. The Bertz CT molecular complexity index is 976. The molecule has 1 heterocycles. The Morgan fingerprint density at radius 2 is 1.79 bits per heavy atom. The van der Waals surface area contributed by atoms with Gasteiger partial charge in [-0.1, -0.05) is 30.8 Å². The summed E-state index contributed by atoms with van der Waals surface area (Å²) in [5, 5.41) is 1.35. The number of nitrogens with zero attached hydrogens (tertiary/aromatic N) is 2. The molecule has 1 aromatic carbocycles. The summed E-state index contributed by atoms with van der Waals surface area (Å²) in [7, 11) is 0. The molecule has 4 saturated carbocycles. The summed E-state index contributed by atoms with van der Waals surface area (Å²) >= 11 is 1.48. The molecule has 4 nitrogen and oxygen atoms in total. The number of rotatable bonds is 6. The number of fused-ring (bicyclic) bond motifs is 1. The van der Waals surface area contributed by atoms with E-state index in [0.29, 0.717) is 22.1 Å². The zero-order valence-corrected chi connectivity index (χ0v) is 18.2. The van der Waals surface area contributed by atoms with E-state index in [4.69, 9.17) is 4.98 Å². The first-order valence-electron chi connectivity index (χ1n) is 11.2. The maximum absolute atomic E-state index is 13.4. The Morgan fingerprint density at radius 3 is 2.41 bits per heavy atom. The van der Waals surface area contributed by atoms with Crippen molar-refractivity contribution in [1.82, 2.24) is 9.55 Å². The Kier molecular flexibility index (Phi) is 4.84. The van der Waals surface area contributed by atoms with E-state index < -0.39 is 0 Å². The van der Waals surface area contributed by atoms with Gasteiger partial charge in [0.1, 0.15) is 5.78 Å². The molecule has 1 atom stereocenters. The minimum absolute atomic E-state index is 0.00898. The van der Waals surface area contributed by atoms with Crippen LogP contribution in [0.2, 0.25) is 0 Å². The van der Waals surface area contributed by atoms with Crippen LogP contribution in [0.15, 0.2) is 34.2 Å². The molecule has 0 unspecified atom stereocenters. The highest BCUT2D eigenvalue weighted by Crippen LogP contribution is 2.60. The molecule has 0 aliphatic heterocycles. The molecule has 4 aliphatic carbocycles. The fourth-order valence-corrected chi connectivity index (χ4v) is 7.67. The molecule has 4 bridgehead atoms. The highest BCUT2D eigenvalue weighted by molar-refractivity contribution is 7.99. The number of hydrogen-bond donors (Lipinski definition) is 0. The highest BCUT2D eigenvalue weighted by Gasteiger charge is 2.54. The SMILES string of the molecule is CC[C@H](C)n1c(SCC(=O)C23CC4CC(CC(C4)C2)C3)nc2ccccc2c1=O. The van der Waals surface area contributed by atoms with Crippen LogP contribution in [0.1, 0.15) is 64.8 Å². The number of hydrogen-bond acceptors (Lipinski definition) is 4. The van der Waals surface area contributed by atoms with Crippen molar-refractivity contribution in [3.8, 4) is 0 Å². The third kappa shape index (κ3) is 3.26. The number of ketones is 1. The number of carbonyl (C=O) groups excluding carboxylic acids is 1. The Balaban J connectivity index is 1.43. The molecule has 5 heteroatoms. The third-order valence-electron chi connectivity index (χ3n) is 7.77. The molecule has 0 spiro atoms. The molecule has 29 heavy (non-hydrogen) atoms. The fourth-order valence-electron chi connectivity index (χ4n) is 6.53. The largest absolute Gasteiger partial charge is 0.298 e. The van der Waals surface area contributed by atoms with Gasteiger partial charge < -0.3 is 0 Å². The van der Waals surface area contributed by atoms with E-state index in [1.165, 1.54) is 31.0 Å². The normalized spacial score (nSPS) is 31.3.